The Morgan fingerprint density at radius 1 is 0.347 bits per heavy atom. The van der Waals surface area contributed by atoms with Gasteiger partial charge in [0.25, 0.3) is 0 Å². The molecule has 0 spiro atoms. The van der Waals surface area contributed by atoms with E-state index in [9.17, 15) is 5.48 Å². The molecule has 0 atom stereocenters. The molecule has 1 aromatic heterocycles. The van der Waals surface area contributed by atoms with Crippen LogP contribution in [0.15, 0.2) is 186 Å². The third kappa shape index (κ3) is 4.47. The van der Waals surface area contributed by atoms with Gasteiger partial charge in [0.05, 0.1) is 5.48 Å². The molecule has 10 aromatic rings. The van der Waals surface area contributed by atoms with Gasteiger partial charge in [-0.05, 0) is 101 Å². The Labute approximate surface area is 289 Å². The van der Waals surface area contributed by atoms with E-state index in [4.69, 9.17) is 4.42 Å². The Kier molecular flexibility index (Phi) is 5.38. The van der Waals surface area contributed by atoms with E-state index in [0.29, 0.717) is 27.9 Å². The summed E-state index contributed by atoms with van der Waals surface area (Å²) < 4.78 is 44.5. The number of hydrogen-bond acceptors (Lipinski definition) is 1. The third-order valence-electron chi connectivity index (χ3n) is 9.72. The number of benzene rings is 9. The summed E-state index contributed by atoms with van der Waals surface area (Å²) in [6, 6.07) is 52.6. The summed E-state index contributed by atoms with van der Waals surface area (Å²) in [7, 11) is 0. The van der Waals surface area contributed by atoms with Crippen LogP contribution in [0.5, 0.6) is 0 Å². The van der Waals surface area contributed by atoms with Gasteiger partial charge in [0.1, 0.15) is 11.2 Å². The molecular formula is C48H30O. The second-order valence-electron chi connectivity index (χ2n) is 12.5. The molecule has 1 heteroatoms. The summed E-state index contributed by atoms with van der Waals surface area (Å²) in [5.41, 5.74) is 7.42. The molecule has 0 radical (unpaired) electrons. The van der Waals surface area contributed by atoms with E-state index in [0.717, 1.165) is 60.0 Å². The first-order valence-electron chi connectivity index (χ1n) is 18.5. The number of rotatable bonds is 4. The normalized spacial score (nSPS) is 12.8. The minimum atomic E-state index is -0.0890. The van der Waals surface area contributed by atoms with Crippen LogP contribution in [0, 0.1) is 0 Å². The van der Waals surface area contributed by atoms with E-state index in [1.165, 1.54) is 5.39 Å². The first-order valence-corrected chi connectivity index (χ1v) is 16.5. The van der Waals surface area contributed by atoms with Crippen molar-refractivity contribution in [2.45, 2.75) is 0 Å². The number of hydrogen-bond donors (Lipinski definition) is 0. The van der Waals surface area contributed by atoms with Crippen molar-refractivity contribution in [2.24, 2.45) is 0 Å². The van der Waals surface area contributed by atoms with Crippen LogP contribution in [-0.2, 0) is 0 Å². The molecule has 1 nitrogen and oxygen atoms in total. The Bertz CT molecular complexity index is 3020. The highest BCUT2D eigenvalue weighted by molar-refractivity contribution is 6.21. The number of fused-ring (bicyclic) bond motifs is 6. The molecule has 0 fully saturated rings. The van der Waals surface area contributed by atoms with Gasteiger partial charge in [-0.15, -0.1) is 0 Å². The molecular weight excluding hydrogens is 593 g/mol. The van der Waals surface area contributed by atoms with Crippen molar-refractivity contribution in [1.29, 1.82) is 0 Å². The lowest BCUT2D eigenvalue weighted by Gasteiger charge is -2.18. The molecule has 1 heterocycles. The molecule has 0 aliphatic heterocycles. The molecule has 0 N–H and O–H groups in total. The zero-order valence-corrected chi connectivity index (χ0v) is 26.4. The van der Waals surface area contributed by atoms with Gasteiger partial charge in [0, 0.05) is 10.8 Å². The lowest BCUT2D eigenvalue weighted by Crippen LogP contribution is -1.90. The van der Waals surface area contributed by atoms with Crippen LogP contribution in [-0.4, -0.2) is 0 Å². The van der Waals surface area contributed by atoms with Crippen molar-refractivity contribution < 1.29 is 9.90 Å². The van der Waals surface area contributed by atoms with Gasteiger partial charge in [-0.25, -0.2) is 0 Å². The molecule has 0 bridgehead atoms. The monoisotopic (exact) mass is 626 g/mol. The lowest BCUT2D eigenvalue weighted by atomic mass is 9.85. The van der Waals surface area contributed by atoms with Crippen molar-refractivity contribution in [3.63, 3.8) is 0 Å². The molecule has 0 unspecified atom stereocenters. The van der Waals surface area contributed by atoms with E-state index in [-0.39, 0.29) is 29.7 Å². The van der Waals surface area contributed by atoms with Gasteiger partial charge >= 0.3 is 0 Å². The van der Waals surface area contributed by atoms with Crippen LogP contribution in [0.3, 0.4) is 0 Å². The Balaban J connectivity index is 1.22. The van der Waals surface area contributed by atoms with Crippen LogP contribution in [0.1, 0.15) is 5.48 Å². The average molecular weight is 627 g/mol. The summed E-state index contributed by atoms with van der Waals surface area (Å²) in [6.45, 7) is 0. The van der Waals surface area contributed by atoms with E-state index < -0.39 is 0 Å². The van der Waals surface area contributed by atoms with E-state index >= 15 is 0 Å². The Morgan fingerprint density at radius 2 is 0.918 bits per heavy atom. The van der Waals surface area contributed by atoms with Crippen LogP contribution in [0.2, 0.25) is 0 Å². The summed E-state index contributed by atoms with van der Waals surface area (Å²) in [5, 5.41) is 7.69. The Hall–Kier alpha value is -6.44. The SMILES string of the molecule is [2H]c1c([2H])c(-c2cccc3oc4ccc(-c5ccc6ccccc6c5)cc4c23)c([2H])c([2H])c1-c1c2ccccc2c(-c2ccccc2)c2ccccc12. The smallest absolute Gasteiger partial charge is 0.136 e. The van der Waals surface area contributed by atoms with Gasteiger partial charge in [0.2, 0.25) is 0 Å². The van der Waals surface area contributed by atoms with Gasteiger partial charge < -0.3 is 4.42 Å². The van der Waals surface area contributed by atoms with Crippen molar-refractivity contribution in [2.75, 3.05) is 0 Å². The molecule has 49 heavy (non-hydrogen) atoms. The molecule has 0 aliphatic rings. The summed E-state index contributed by atoms with van der Waals surface area (Å²) in [6.07, 6.45) is 0. The average Bonchev–Trinajstić information content (AvgIpc) is 3.59. The summed E-state index contributed by atoms with van der Waals surface area (Å²) in [5.74, 6) is 0. The molecule has 228 valence electrons. The van der Waals surface area contributed by atoms with Gasteiger partial charge in [-0.3, -0.25) is 0 Å². The molecule has 0 amide bonds. The Morgan fingerprint density at radius 3 is 1.63 bits per heavy atom. The van der Waals surface area contributed by atoms with Crippen molar-refractivity contribution >= 4 is 54.3 Å². The molecule has 0 saturated carbocycles. The van der Waals surface area contributed by atoms with Crippen molar-refractivity contribution in [1.82, 2.24) is 0 Å². The predicted molar refractivity (Wildman–Crippen MR) is 208 cm³/mol. The first kappa shape index (κ1) is 23.8. The van der Waals surface area contributed by atoms with Crippen LogP contribution in [0.25, 0.3) is 98.8 Å². The second-order valence-corrected chi connectivity index (χ2v) is 12.5. The van der Waals surface area contributed by atoms with Crippen LogP contribution < -0.4 is 0 Å². The van der Waals surface area contributed by atoms with E-state index in [2.05, 4.69) is 66.7 Å². The highest BCUT2D eigenvalue weighted by Crippen LogP contribution is 2.44. The van der Waals surface area contributed by atoms with Crippen molar-refractivity contribution in [3.8, 4) is 44.5 Å². The van der Waals surface area contributed by atoms with Crippen LogP contribution >= 0.6 is 0 Å². The predicted octanol–water partition coefficient (Wildman–Crippen LogP) is 13.7. The van der Waals surface area contributed by atoms with Gasteiger partial charge in [-0.1, -0.05) is 158 Å². The van der Waals surface area contributed by atoms with Gasteiger partial charge in [-0.2, -0.15) is 0 Å². The highest BCUT2D eigenvalue weighted by atomic mass is 16.3. The van der Waals surface area contributed by atoms with Crippen LogP contribution in [0.4, 0.5) is 0 Å². The fraction of sp³-hybridized carbons (Fsp3) is 0. The highest BCUT2D eigenvalue weighted by Gasteiger charge is 2.18. The minimum absolute atomic E-state index is 0.0783. The fourth-order valence-corrected chi connectivity index (χ4v) is 7.47. The quantitative estimate of drug-likeness (QED) is 0.177. The maximum absolute atomic E-state index is 9.56. The molecule has 10 rings (SSSR count). The molecule has 9 aromatic carbocycles. The number of furan rings is 1. The zero-order valence-electron chi connectivity index (χ0n) is 30.4. The maximum atomic E-state index is 9.56. The van der Waals surface area contributed by atoms with Gasteiger partial charge in [0.15, 0.2) is 0 Å². The maximum Gasteiger partial charge on any atom is 0.136 e. The largest absolute Gasteiger partial charge is 0.456 e. The molecule has 0 aliphatic carbocycles. The minimum Gasteiger partial charge on any atom is -0.456 e. The fourth-order valence-electron chi connectivity index (χ4n) is 7.47. The lowest BCUT2D eigenvalue weighted by molar-refractivity contribution is 0.669. The first-order chi connectivity index (χ1) is 26.0. The topological polar surface area (TPSA) is 13.1 Å². The summed E-state index contributed by atoms with van der Waals surface area (Å²) >= 11 is 0. The standard InChI is InChI=1S/C48H30O/c1-2-12-33(13-3-1)46-39-15-6-8-17-41(39)47(42-18-9-7-16-40(42)46)34-24-22-32(23-25-34)38-19-10-20-45-48(38)43-30-37(27-28-44(43)49-45)36-26-21-31-11-4-5-14-35(31)29-36/h1-30H/i22D,23D,24D,25D. The zero-order chi connectivity index (χ0) is 35.8. The van der Waals surface area contributed by atoms with E-state index in [1.54, 1.807) is 0 Å². The van der Waals surface area contributed by atoms with E-state index in [1.807, 2.05) is 91.0 Å². The summed E-state index contributed by atoms with van der Waals surface area (Å²) in [4.78, 5) is 0. The molecule has 0 saturated heterocycles. The van der Waals surface area contributed by atoms with Crippen molar-refractivity contribution in [3.05, 3.63) is 182 Å². The second kappa shape index (κ2) is 11.1. The third-order valence-corrected chi connectivity index (χ3v) is 9.72.